The number of rotatable bonds is 4. The molecule has 1 aromatic heterocycles. The smallest absolute Gasteiger partial charge is 0.287 e. The van der Waals surface area contributed by atoms with Gasteiger partial charge in [-0.1, -0.05) is 6.92 Å². The molecule has 0 aliphatic heterocycles. The Labute approximate surface area is 82.9 Å². The van der Waals surface area contributed by atoms with E-state index >= 15 is 0 Å². The van der Waals surface area contributed by atoms with E-state index in [4.69, 9.17) is 9.52 Å². The molecule has 0 saturated heterocycles. The SMILES string of the molecule is CCc1ccc(C(=O)N[C@H](C)CO)o1. The van der Waals surface area contributed by atoms with Crippen molar-refractivity contribution in [3.8, 4) is 0 Å². The fraction of sp³-hybridized carbons (Fsp3) is 0.500. The van der Waals surface area contributed by atoms with Crippen LogP contribution in [0, 0.1) is 0 Å². The Morgan fingerprint density at radius 2 is 2.36 bits per heavy atom. The summed E-state index contributed by atoms with van der Waals surface area (Å²) in [5, 5.41) is 11.3. The predicted octanol–water partition coefficient (Wildman–Crippen LogP) is 0.953. The average molecular weight is 197 g/mol. The Bertz CT molecular complexity index is 306. The van der Waals surface area contributed by atoms with Gasteiger partial charge in [-0.3, -0.25) is 4.79 Å². The second-order valence-corrected chi connectivity index (χ2v) is 3.18. The number of hydrogen-bond acceptors (Lipinski definition) is 3. The molecule has 1 heterocycles. The first kappa shape index (κ1) is 10.8. The molecule has 1 atom stereocenters. The monoisotopic (exact) mass is 197 g/mol. The summed E-state index contributed by atoms with van der Waals surface area (Å²) in [7, 11) is 0. The van der Waals surface area contributed by atoms with Gasteiger partial charge in [0.15, 0.2) is 5.76 Å². The number of aliphatic hydroxyl groups excluding tert-OH is 1. The first-order chi connectivity index (χ1) is 6.67. The molecule has 0 radical (unpaired) electrons. The van der Waals surface area contributed by atoms with Gasteiger partial charge in [0.2, 0.25) is 0 Å². The highest BCUT2D eigenvalue weighted by Crippen LogP contribution is 2.08. The van der Waals surface area contributed by atoms with Crippen molar-refractivity contribution >= 4 is 5.91 Å². The molecule has 0 spiro atoms. The van der Waals surface area contributed by atoms with Crippen molar-refractivity contribution in [1.82, 2.24) is 5.32 Å². The van der Waals surface area contributed by atoms with Gasteiger partial charge in [-0.25, -0.2) is 0 Å². The van der Waals surface area contributed by atoms with Gasteiger partial charge in [0.05, 0.1) is 6.61 Å². The van der Waals surface area contributed by atoms with Crippen LogP contribution in [-0.2, 0) is 6.42 Å². The van der Waals surface area contributed by atoms with Gasteiger partial charge in [0, 0.05) is 12.5 Å². The molecule has 2 N–H and O–H groups in total. The third-order valence-corrected chi connectivity index (χ3v) is 1.89. The Morgan fingerprint density at radius 1 is 1.64 bits per heavy atom. The lowest BCUT2D eigenvalue weighted by Gasteiger charge is -2.08. The summed E-state index contributed by atoms with van der Waals surface area (Å²) in [5.41, 5.74) is 0. The zero-order valence-electron chi connectivity index (χ0n) is 8.41. The number of amides is 1. The van der Waals surface area contributed by atoms with E-state index in [2.05, 4.69) is 5.32 Å². The van der Waals surface area contributed by atoms with E-state index in [1.165, 1.54) is 0 Å². The minimum absolute atomic E-state index is 0.0763. The second-order valence-electron chi connectivity index (χ2n) is 3.18. The van der Waals surface area contributed by atoms with Gasteiger partial charge >= 0.3 is 0 Å². The summed E-state index contributed by atoms with van der Waals surface area (Å²) < 4.78 is 5.25. The van der Waals surface area contributed by atoms with Gasteiger partial charge < -0.3 is 14.8 Å². The van der Waals surface area contributed by atoms with Crippen molar-refractivity contribution in [1.29, 1.82) is 0 Å². The highest BCUT2D eigenvalue weighted by Gasteiger charge is 2.12. The van der Waals surface area contributed by atoms with Gasteiger partial charge in [0.1, 0.15) is 5.76 Å². The fourth-order valence-electron chi connectivity index (χ4n) is 1.03. The van der Waals surface area contributed by atoms with Crippen molar-refractivity contribution in [2.45, 2.75) is 26.3 Å². The van der Waals surface area contributed by atoms with E-state index in [0.29, 0.717) is 5.76 Å². The van der Waals surface area contributed by atoms with Crippen molar-refractivity contribution < 1.29 is 14.3 Å². The number of furan rings is 1. The molecular weight excluding hydrogens is 182 g/mol. The number of carbonyl (C=O) groups excluding carboxylic acids is 1. The van der Waals surface area contributed by atoms with E-state index < -0.39 is 0 Å². The maximum Gasteiger partial charge on any atom is 0.287 e. The lowest BCUT2D eigenvalue weighted by molar-refractivity contribution is 0.0892. The zero-order valence-corrected chi connectivity index (χ0v) is 8.41. The van der Waals surface area contributed by atoms with Gasteiger partial charge in [-0.2, -0.15) is 0 Å². The zero-order chi connectivity index (χ0) is 10.6. The molecule has 0 unspecified atom stereocenters. The standard InChI is InChI=1S/C10H15NO3/c1-3-8-4-5-9(14-8)10(13)11-7(2)6-12/h4-5,7,12H,3,6H2,1-2H3,(H,11,13)/t7-/m1/s1. The molecular formula is C10H15NO3. The van der Waals surface area contributed by atoms with Crippen molar-refractivity contribution in [3.05, 3.63) is 23.7 Å². The molecule has 14 heavy (non-hydrogen) atoms. The summed E-state index contributed by atoms with van der Waals surface area (Å²) in [6.07, 6.45) is 0.767. The Kier molecular flexibility index (Phi) is 3.71. The van der Waals surface area contributed by atoms with Crippen LogP contribution in [0.4, 0.5) is 0 Å². The third kappa shape index (κ3) is 2.60. The molecule has 0 bridgehead atoms. The van der Waals surface area contributed by atoms with Crippen molar-refractivity contribution in [2.75, 3.05) is 6.61 Å². The number of carbonyl (C=O) groups is 1. The molecule has 78 valence electrons. The predicted molar refractivity (Wildman–Crippen MR) is 52.1 cm³/mol. The van der Waals surface area contributed by atoms with E-state index in [1.54, 1.807) is 19.1 Å². The highest BCUT2D eigenvalue weighted by atomic mass is 16.3. The largest absolute Gasteiger partial charge is 0.456 e. The topological polar surface area (TPSA) is 62.5 Å². The molecule has 4 heteroatoms. The average Bonchev–Trinajstić information content (AvgIpc) is 2.65. The Balaban J connectivity index is 2.60. The van der Waals surface area contributed by atoms with Gasteiger partial charge in [-0.15, -0.1) is 0 Å². The maximum absolute atomic E-state index is 11.4. The van der Waals surface area contributed by atoms with Crippen LogP contribution >= 0.6 is 0 Å². The normalized spacial score (nSPS) is 12.5. The quantitative estimate of drug-likeness (QED) is 0.755. The van der Waals surface area contributed by atoms with Crippen molar-refractivity contribution in [3.63, 3.8) is 0 Å². The van der Waals surface area contributed by atoms with E-state index in [9.17, 15) is 4.79 Å². The summed E-state index contributed by atoms with van der Waals surface area (Å²) >= 11 is 0. The number of aryl methyl sites for hydroxylation is 1. The van der Waals surface area contributed by atoms with Crippen LogP contribution in [0.1, 0.15) is 30.2 Å². The van der Waals surface area contributed by atoms with E-state index in [1.807, 2.05) is 6.92 Å². The molecule has 1 aromatic rings. The minimum Gasteiger partial charge on any atom is -0.456 e. The van der Waals surface area contributed by atoms with Crippen LogP contribution in [0.15, 0.2) is 16.5 Å². The van der Waals surface area contributed by atoms with Crippen LogP contribution in [-0.4, -0.2) is 23.7 Å². The molecule has 0 saturated carbocycles. The molecule has 1 rings (SSSR count). The van der Waals surface area contributed by atoms with Gasteiger partial charge in [-0.05, 0) is 19.1 Å². The molecule has 1 amide bonds. The number of aliphatic hydroxyl groups is 1. The van der Waals surface area contributed by atoms with E-state index in [0.717, 1.165) is 12.2 Å². The molecule has 0 aromatic carbocycles. The van der Waals surface area contributed by atoms with Crippen molar-refractivity contribution in [2.24, 2.45) is 0 Å². The fourth-order valence-corrected chi connectivity index (χ4v) is 1.03. The molecule has 0 aliphatic carbocycles. The third-order valence-electron chi connectivity index (χ3n) is 1.89. The highest BCUT2D eigenvalue weighted by molar-refractivity contribution is 5.91. The maximum atomic E-state index is 11.4. The van der Waals surface area contributed by atoms with Gasteiger partial charge in [0.25, 0.3) is 5.91 Å². The first-order valence-electron chi connectivity index (χ1n) is 4.67. The first-order valence-corrected chi connectivity index (χ1v) is 4.67. The van der Waals surface area contributed by atoms with Crippen LogP contribution < -0.4 is 5.32 Å². The number of hydrogen-bond donors (Lipinski definition) is 2. The lowest BCUT2D eigenvalue weighted by atomic mass is 10.3. The van der Waals surface area contributed by atoms with Crippen LogP contribution in [0.2, 0.25) is 0 Å². The Hall–Kier alpha value is -1.29. The number of nitrogens with one attached hydrogen (secondary N) is 1. The van der Waals surface area contributed by atoms with E-state index in [-0.39, 0.29) is 18.6 Å². The summed E-state index contributed by atoms with van der Waals surface area (Å²) in [5.74, 6) is 0.792. The minimum atomic E-state index is -0.286. The summed E-state index contributed by atoms with van der Waals surface area (Å²) in [4.78, 5) is 11.4. The molecule has 0 fully saturated rings. The molecule has 0 aliphatic rings. The van der Waals surface area contributed by atoms with Crippen LogP contribution in [0.3, 0.4) is 0 Å². The summed E-state index contributed by atoms with van der Waals surface area (Å²) in [6, 6.07) is 3.16. The lowest BCUT2D eigenvalue weighted by Crippen LogP contribution is -2.34. The second kappa shape index (κ2) is 4.81. The van der Waals surface area contributed by atoms with Crippen LogP contribution in [0.25, 0.3) is 0 Å². The Morgan fingerprint density at radius 3 is 2.86 bits per heavy atom. The summed E-state index contributed by atoms with van der Waals surface area (Å²) in [6.45, 7) is 3.60. The molecule has 4 nitrogen and oxygen atoms in total. The van der Waals surface area contributed by atoms with Crippen LogP contribution in [0.5, 0.6) is 0 Å².